The Kier molecular flexibility index (Phi) is 34.0. The zero-order valence-corrected chi connectivity index (χ0v) is 84.5. The molecule has 1 aromatic heterocycles. The summed E-state index contributed by atoms with van der Waals surface area (Å²) in [5.41, 5.74) is 10.0. The molecule has 3 spiro atoms. The predicted octanol–water partition coefficient (Wildman–Crippen LogP) is 24.5. The SMILES string of the molecule is Brc1ccc(OC2CC2)cc1.C1=C(c2ccc(OC3CC3)cc2)CCC2(C1)OCCO2.CC1(C)OB(C2=CCC3(CC2)OCCO3)OC1(C)C.CCOC(=O)c1nnn(Cc2ccc(OC)cc2)c1OC1CCC(c2ccc(OC3CC3)cc2)CC1.O=C1CCC(c2ccc(OC3CC3)cc2)CC1.OC1CCC(c2ccc(OC3CC3)cc2)CC1.c1cc(C2CCC3(CC2)OCCO3)ccc1OC1CC1. The van der Waals surface area contributed by atoms with Crippen LogP contribution >= 0.6 is 15.9 Å². The summed E-state index contributed by atoms with van der Waals surface area (Å²) < 4.78 is 101. The minimum Gasteiger partial charge on any atom is -0.497 e. The van der Waals surface area contributed by atoms with Gasteiger partial charge in [-0.3, -0.25) is 4.79 Å². The second-order valence-electron chi connectivity index (χ2n) is 41.6. The van der Waals surface area contributed by atoms with E-state index in [9.17, 15) is 14.7 Å². The van der Waals surface area contributed by atoms with Crippen molar-refractivity contribution in [1.29, 1.82) is 0 Å². The van der Waals surface area contributed by atoms with E-state index in [2.05, 4.69) is 187 Å². The highest BCUT2D eigenvalue weighted by atomic mass is 79.9. The molecule has 4 saturated heterocycles. The molecule has 0 bridgehead atoms. The zero-order valence-electron chi connectivity index (χ0n) is 82.9. The van der Waals surface area contributed by atoms with Crippen molar-refractivity contribution >= 4 is 40.4 Å². The molecule has 10 saturated carbocycles. The number of ketones is 1. The van der Waals surface area contributed by atoms with Crippen LogP contribution in [0.25, 0.3) is 5.57 Å². The van der Waals surface area contributed by atoms with Crippen molar-refractivity contribution in [2.45, 2.75) is 361 Å². The largest absolute Gasteiger partial charge is 0.497 e. The smallest absolute Gasteiger partial charge is 0.490 e. The van der Waals surface area contributed by atoms with Crippen LogP contribution in [0.2, 0.25) is 0 Å². The van der Waals surface area contributed by atoms with Crippen molar-refractivity contribution in [2.24, 2.45) is 0 Å². The summed E-state index contributed by atoms with van der Waals surface area (Å²) in [4.78, 5) is 23.7. The molecule has 8 aromatic rings. The molecule has 24 rings (SSSR count). The zero-order chi connectivity index (χ0) is 96.5. The number of aromatic nitrogens is 3. The number of allylic oxidation sites excluding steroid dienone is 2. The molecule has 750 valence electrons. The molecule has 23 nitrogen and oxygen atoms in total. The lowest BCUT2D eigenvalue weighted by Crippen LogP contribution is -2.41. The van der Waals surface area contributed by atoms with Gasteiger partial charge in [0.25, 0.3) is 0 Å². The number of hydrogen-bond acceptors (Lipinski definition) is 22. The van der Waals surface area contributed by atoms with Crippen molar-refractivity contribution < 1.29 is 95.1 Å². The minimum atomic E-state index is -0.518. The van der Waals surface area contributed by atoms with Crippen LogP contribution in [0.1, 0.15) is 320 Å². The standard InChI is InChI=1S/C28H33N3O5.C17H22O3.C17H20O3.C15H20O2.C15H18O2.C14H23BO4.C9H9BrO/c1-3-34-28(32)26-27(31(30-29-26)18-19-4-10-22(33-2)11-5-19)36-25-14-8-21(9-15-25)20-6-12-23(13-7-20)35-24-16-17-24;2*1-3-15(20-16-5-6-16)4-2-13(1)14-7-9-17(10-8-14)18-11-12-19-17;2*16-13-5-1-11(2-6-13)12-3-7-14(8-4-12)17-15-9-10-15;1-12(2)13(3,4)19-15(18-12)11-5-7-14(8-6-11)16-9-10-17-14;10-7-1-3-8(4-2-7)11-9-5-6-9/h4-7,10-13,21,24-25H,3,8-9,14-18H2,1-2H3;1-4,14,16H,5-12H2;1-4,7,16H,5-6,8-12H2;3-4,7-8,11,13,15-16H,1-2,5-6,9-10H2;3-4,7-8,11,15H,1-2,5-6,9-10H2;5H,6-10H2,1-4H3;1-4,9H,5-6H2. The summed E-state index contributed by atoms with van der Waals surface area (Å²) in [6, 6.07) is 58.5. The molecule has 4 aliphatic heterocycles. The first kappa shape index (κ1) is 101. The first-order valence-corrected chi connectivity index (χ1v) is 53.3. The summed E-state index contributed by atoms with van der Waals surface area (Å²) in [6.45, 7) is 15.2. The van der Waals surface area contributed by atoms with Crippen molar-refractivity contribution in [1.82, 2.24) is 15.0 Å². The number of benzene rings is 7. The Morgan fingerprint density at radius 1 is 0.407 bits per heavy atom. The lowest BCUT2D eigenvalue weighted by molar-refractivity contribution is -0.178. The molecule has 140 heavy (non-hydrogen) atoms. The molecule has 0 atom stereocenters. The van der Waals surface area contributed by atoms with Gasteiger partial charge in [0, 0.05) is 55.8 Å². The van der Waals surface area contributed by atoms with Gasteiger partial charge in [0.2, 0.25) is 11.6 Å². The van der Waals surface area contributed by atoms with E-state index in [1.54, 1.807) is 18.7 Å². The molecule has 1 N–H and O–H groups in total. The number of esters is 1. The van der Waals surface area contributed by atoms with Crippen LogP contribution in [0.15, 0.2) is 192 Å². The molecule has 14 fully saturated rings. The maximum Gasteiger partial charge on any atom is 0.490 e. The molecule has 0 amide bonds. The number of carbonyl (C=O) groups is 2. The summed E-state index contributed by atoms with van der Waals surface area (Å²) >= 11 is 3.37. The van der Waals surface area contributed by atoms with Crippen molar-refractivity contribution in [3.8, 4) is 46.1 Å². The summed E-state index contributed by atoms with van der Waals surface area (Å²) in [6.07, 6.45) is 42.9. The van der Waals surface area contributed by atoms with E-state index in [1.807, 2.05) is 48.5 Å². The van der Waals surface area contributed by atoms with Gasteiger partial charge in [0.05, 0.1) is 114 Å². The van der Waals surface area contributed by atoms with Crippen LogP contribution < -0.4 is 37.9 Å². The third-order valence-corrected chi connectivity index (χ3v) is 30.4. The fourth-order valence-electron chi connectivity index (χ4n) is 19.7. The summed E-state index contributed by atoms with van der Waals surface area (Å²) in [5.74, 6) is 8.41. The highest BCUT2D eigenvalue weighted by Gasteiger charge is 2.54. The molecular weight excluding hydrogens is 1830 g/mol. The molecular formula is C115H145BBrN3O20. The van der Waals surface area contributed by atoms with E-state index >= 15 is 0 Å². The fourth-order valence-corrected chi connectivity index (χ4v) is 20.0. The highest BCUT2D eigenvalue weighted by Crippen LogP contribution is 2.48. The molecule has 16 aliphatic rings. The number of aliphatic hydroxyl groups excluding tert-OH is 1. The van der Waals surface area contributed by atoms with E-state index in [4.69, 9.17) is 80.4 Å². The van der Waals surface area contributed by atoms with Crippen LogP contribution in [0.5, 0.6) is 46.1 Å². The summed E-state index contributed by atoms with van der Waals surface area (Å²) in [7, 11) is 1.42. The molecule has 7 aromatic carbocycles. The predicted molar refractivity (Wildman–Crippen MR) is 540 cm³/mol. The van der Waals surface area contributed by atoms with E-state index in [1.165, 1.54) is 103 Å². The van der Waals surface area contributed by atoms with Gasteiger partial charge >= 0.3 is 13.1 Å². The van der Waals surface area contributed by atoms with Gasteiger partial charge in [-0.1, -0.05) is 106 Å². The normalized spacial score (nSPS) is 24.0. The van der Waals surface area contributed by atoms with Crippen LogP contribution in [0.3, 0.4) is 0 Å². The van der Waals surface area contributed by atoms with Crippen molar-refractivity contribution in [3.05, 3.63) is 231 Å². The summed E-state index contributed by atoms with van der Waals surface area (Å²) in [5, 5.41) is 17.8. The number of nitrogens with zero attached hydrogens (tertiary/aromatic N) is 3. The number of aliphatic hydroxyl groups is 1. The van der Waals surface area contributed by atoms with Crippen LogP contribution in [-0.4, -0.2) is 170 Å². The van der Waals surface area contributed by atoms with Crippen LogP contribution in [0, 0.1) is 0 Å². The van der Waals surface area contributed by atoms with E-state index in [-0.39, 0.29) is 60.2 Å². The number of methoxy groups -OCH3 is 1. The number of carbonyl (C=O) groups excluding carboxylic acids is 2. The number of ether oxygens (including phenoxy) is 15. The second kappa shape index (κ2) is 47.2. The average Bonchev–Trinajstić information content (AvgIpc) is 1.61. The maximum absolute atomic E-state index is 12.5. The average molecular weight is 1980 g/mol. The number of hydrogen-bond donors (Lipinski definition) is 1. The Hall–Kier alpha value is -9.12. The van der Waals surface area contributed by atoms with Gasteiger partial charge in [-0.25, -0.2) is 9.48 Å². The maximum atomic E-state index is 12.5. The lowest BCUT2D eigenvalue weighted by atomic mass is 9.71. The Morgan fingerprint density at radius 2 is 0.757 bits per heavy atom. The molecule has 12 aliphatic carbocycles. The number of rotatable bonds is 25. The first-order chi connectivity index (χ1) is 68.1. The van der Waals surface area contributed by atoms with Crippen molar-refractivity contribution in [2.75, 3.05) is 53.4 Å². The van der Waals surface area contributed by atoms with E-state index in [0.717, 1.165) is 231 Å². The monoisotopic (exact) mass is 1980 g/mol. The van der Waals surface area contributed by atoms with E-state index in [0.29, 0.717) is 91.7 Å². The Morgan fingerprint density at radius 3 is 1.14 bits per heavy atom. The van der Waals surface area contributed by atoms with Crippen LogP contribution in [0.4, 0.5) is 0 Å². The minimum absolute atomic E-state index is 0.0139. The number of Topliss-reactive ketones (excluding diaryl/α,β-unsaturated/α-hetero) is 1. The third kappa shape index (κ3) is 29.2. The first-order valence-electron chi connectivity index (χ1n) is 52.5. The third-order valence-electron chi connectivity index (χ3n) is 29.9. The molecule has 0 radical (unpaired) electrons. The van der Waals surface area contributed by atoms with Crippen molar-refractivity contribution in [3.63, 3.8) is 0 Å². The Balaban J connectivity index is 0.000000111. The van der Waals surface area contributed by atoms with E-state index < -0.39 is 5.97 Å². The van der Waals surface area contributed by atoms with Gasteiger partial charge in [-0.05, 0) is 367 Å². The van der Waals surface area contributed by atoms with Gasteiger partial charge < -0.3 is 85.5 Å². The topological polar surface area (TPSA) is 242 Å². The molecule has 5 heterocycles. The molecule has 0 unspecified atom stereocenters. The van der Waals surface area contributed by atoms with Gasteiger partial charge in [-0.2, -0.15) is 0 Å². The quantitative estimate of drug-likeness (QED) is 0.0413. The van der Waals surface area contributed by atoms with Gasteiger partial charge in [-0.15, -0.1) is 5.10 Å². The van der Waals surface area contributed by atoms with Gasteiger partial charge in [0.1, 0.15) is 52.1 Å². The van der Waals surface area contributed by atoms with Crippen LogP contribution in [-0.2, 0) is 53.8 Å². The molecule has 25 heteroatoms. The lowest BCUT2D eigenvalue weighted by Gasteiger charge is -2.35. The second-order valence-corrected chi connectivity index (χ2v) is 42.6. The number of halogens is 1. The van der Waals surface area contributed by atoms with Gasteiger partial charge in [0.15, 0.2) is 17.4 Å². The Bertz CT molecular complexity index is 5270. The highest BCUT2D eigenvalue weighted by molar-refractivity contribution is 9.10. The Labute approximate surface area is 836 Å². The fraction of sp³-hybridized carbons (Fsp3) is 0.565.